The van der Waals surface area contributed by atoms with Gasteiger partial charge >= 0.3 is 5.97 Å². The summed E-state index contributed by atoms with van der Waals surface area (Å²) in [6, 6.07) is 5.00. The summed E-state index contributed by atoms with van der Waals surface area (Å²) in [5.41, 5.74) is 0.502. The van der Waals surface area contributed by atoms with Crippen molar-refractivity contribution < 1.29 is 23.8 Å². The van der Waals surface area contributed by atoms with Crippen molar-refractivity contribution >= 4 is 39.1 Å². The second-order valence-electron chi connectivity index (χ2n) is 6.98. The average Bonchev–Trinajstić information content (AvgIpc) is 3.06. The molecule has 0 fully saturated rings. The molecule has 31 heavy (non-hydrogen) atoms. The molecular weight excluding hydrogens is 422 g/mol. The summed E-state index contributed by atoms with van der Waals surface area (Å²) < 4.78 is 16.9. The number of aromatic nitrogens is 2. The monoisotopic (exact) mass is 445 g/mol. The highest BCUT2D eigenvalue weighted by Crippen LogP contribution is 2.29. The molecule has 1 amide bonds. The van der Waals surface area contributed by atoms with E-state index in [1.807, 2.05) is 0 Å². The number of thiophene rings is 1. The highest BCUT2D eigenvalue weighted by atomic mass is 32.1. The molecule has 0 spiro atoms. The topological polar surface area (TPSA) is 109 Å². The van der Waals surface area contributed by atoms with Crippen molar-refractivity contribution in [1.29, 1.82) is 0 Å². The SMILES string of the molecule is COc1ccc(OC)c(NC(=O)Cn2cnc3sc(C(=O)OC(C)C)c(C)c3c2=O)c1. The second kappa shape index (κ2) is 9.17. The van der Waals surface area contributed by atoms with Crippen molar-refractivity contribution in [2.75, 3.05) is 19.5 Å². The van der Waals surface area contributed by atoms with Crippen LogP contribution in [0, 0.1) is 6.92 Å². The Hall–Kier alpha value is -3.40. The Bertz CT molecular complexity index is 1200. The van der Waals surface area contributed by atoms with Crippen LogP contribution in [0.2, 0.25) is 0 Å². The van der Waals surface area contributed by atoms with Gasteiger partial charge in [0.25, 0.3) is 5.56 Å². The molecule has 0 saturated heterocycles. The van der Waals surface area contributed by atoms with Crippen LogP contribution in [0.1, 0.15) is 29.1 Å². The molecule has 1 aromatic carbocycles. The normalized spacial score (nSPS) is 10.9. The maximum absolute atomic E-state index is 13.0. The van der Waals surface area contributed by atoms with Gasteiger partial charge in [-0.15, -0.1) is 11.3 Å². The third-order valence-electron chi connectivity index (χ3n) is 4.44. The van der Waals surface area contributed by atoms with E-state index in [0.29, 0.717) is 37.8 Å². The summed E-state index contributed by atoms with van der Waals surface area (Å²) in [6.07, 6.45) is 1.01. The molecule has 0 unspecified atom stereocenters. The fourth-order valence-corrected chi connectivity index (χ4v) is 4.01. The molecule has 9 nitrogen and oxygen atoms in total. The molecule has 10 heteroatoms. The number of hydrogen-bond donors (Lipinski definition) is 1. The van der Waals surface area contributed by atoms with Crippen LogP contribution in [0.5, 0.6) is 11.5 Å². The highest BCUT2D eigenvalue weighted by Gasteiger charge is 2.22. The second-order valence-corrected chi connectivity index (χ2v) is 7.98. The number of anilines is 1. The lowest BCUT2D eigenvalue weighted by molar-refractivity contribution is -0.116. The van der Waals surface area contributed by atoms with Crippen molar-refractivity contribution in [3.8, 4) is 11.5 Å². The number of hydrogen-bond acceptors (Lipinski definition) is 8. The van der Waals surface area contributed by atoms with Gasteiger partial charge in [0.05, 0.1) is 37.7 Å². The van der Waals surface area contributed by atoms with Crippen LogP contribution in [-0.2, 0) is 16.1 Å². The molecule has 2 aromatic heterocycles. The van der Waals surface area contributed by atoms with E-state index >= 15 is 0 Å². The number of carbonyl (C=O) groups excluding carboxylic acids is 2. The number of amides is 1. The number of fused-ring (bicyclic) bond motifs is 1. The number of aryl methyl sites for hydroxylation is 1. The van der Waals surface area contributed by atoms with Crippen LogP contribution < -0.4 is 20.3 Å². The minimum atomic E-state index is -0.496. The first-order chi connectivity index (χ1) is 14.7. The Morgan fingerprint density at radius 1 is 1.23 bits per heavy atom. The van der Waals surface area contributed by atoms with Crippen LogP contribution in [0.25, 0.3) is 10.2 Å². The number of nitrogens with zero attached hydrogens (tertiary/aromatic N) is 2. The van der Waals surface area contributed by atoms with E-state index in [-0.39, 0.29) is 12.6 Å². The van der Waals surface area contributed by atoms with E-state index in [2.05, 4.69) is 10.3 Å². The first-order valence-electron chi connectivity index (χ1n) is 9.46. The van der Waals surface area contributed by atoms with Crippen molar-refractivity contribution in [2.24, 2.45) is 0 Å². The van der Waals surface area contributed by atoms with E-state index in [1.165, 1.54) is 25.1 Å². The largest absolute Gasteiger partial charge is 0.497 e. The molecule has 2 heterocycles. The van der Waals surface area contributed by atoms with Gasteiger partial charge in [-0.05, 0) is 38.5 Å². The maximum Gasteiger partial charge on any atom is 0.348 e. The summed E-state index contributed by atoms with van der Waals surface area (Å²) in [5.74, 6) is 0.0644. The lowest BCUT2D eigenvalue weighted by Gasteiger charge is -2.12. The van der Waals surface area contributed by atoms with Crippen LogP contribution in [-0.4, -0.2) is 41.8 Å². The third kappa shape index (κ3) is 4.69. The Kier molecular flexibility index (Phi) is 6.59. The van der Waals surface area contributed by atoms with E-state index < -0.39 is 17.4 Å². The molecule has 0 radical (unpaired) electrons. The summed E-state index contributed by atoms with van der Waals surface area (Å²) >= 11 is 1.10. The minimum Gasteiger partial charge on any atom is -0.497 e. The fraction of sp³-hybridized carbons (Fsp3) is 0.333. The zero-order chi connectivity index (χ0) is 22.7. The number of rotatable bonds is 7. The fourth-order valence-electron chi connectivity index (χ4n) is 2.99. The van der Waals surface area contributed by atoms with Gasteiger partial charge in [-0.1, -0.05) is 0 Å². The molecule has 0 aliphatic carbocycles. The van der Waals surface area contributed by atoms with Gasteiger partial charge in [-0.3, -0.25) is 14.2 Å². The standard InChI is InChI=1S/C21H23N3O6S/c1-11(2)30-21(27)18-12(3)17-19(31-18)22-10-24(20(17)26)9-16(25)23-14-8-13(28-4)6-7-15(14)29-5/h6-8,10-11H,9H2,1-5H3,(H,23,25). The first-order valence-corrected chi connectivity index (χ1v) is 10.3. The van der Waals surface area contributed by atoms with E-state index in [4.69, 9.17) is 14.2 Å². The van der Waals surface area contributed by atoms with Gasteiger partial charge in [-0.25, -0.2) is 9.78 Å². The first kappa shape index (κ1) is 22.3. The predicted octanol–water partition coefficient (Wildman–Crippen LogP) is 2.99. The van der Waals surface area contributed by atoms with E-state index in [9.17, 15) is 14.4 Å². The summed E-state index contributed by atoms with van der Waals surface area (Å²) in [6.45, 7) is 4.91. The summed E-state index contributed by atoms with van der Waals surface area (Å²) in [7, 11) is 3.00. The molecule has 0 saturated carbocycles. The van der Waals surface area contributed by atoms with E-state index in [1.54, 1.807) is 39.0 Å². The molecule has 1 N–H and O–H groups in total. The van der Waals surface area contributed by atoms with Crippen LogP contribution in [0.4, 0.5) is 5.69 Å². The molecule has 3 rings (SSSR count). The zero-order valence-electron chi connectivity index (χ0n) is 17.8. The van der Waals surface area contributed by atoms with Gasteiger partial charge in [0.15, 0.2) is 0 Å². The Morgan fingerprint density at radius 3 is 2.61 bits per heavy atom. The van der Waals surface area contributed by atoms with Crippen molar-refractivity contribution in [3.05, 3.63) is 45.3 Å². The predicted molar refractivity (Wildman–Crippen MR) is 117 cm³/mol. The quantitative estimate of drug-likeness (QED) is 0.557. The van der Waals surface area contributed by atoms with Crippen molar-refractivity contribution in [3.63, 3.8) is 0 Å². The van der Waals surface area contributed by atoms with Gasteiger partial charge in [0.2, 0.25) is 5.91 Å². The highest BCUT2D eigenvalue weighted by molar-refractivity contribution is 7.20. The summed E-state index contributed by atoms with van der Waals surface area (Å²) in [4.78, 5) is 42.9. The van der Waals surface area contributed by atoms with E-state index in [0.717, 1.165) is 11.3 Å². The summed E-state index contributed by atoms with van der Waals surface area (Å²) in [5, 5.41) is 3.02. The smallest absolute Gasteiger partial charge is 0.348 e. The van der Waals surface area contributed by atoms with Crippen LogP contribution in [0.3, 0.4) is 0 Å². The number of esters is 1. The van der Waals surface area contributed by atoms with Gasteiger partial charge in [-0.2, -0.15) is 0 Å². The number of methoxy groups -OCH3 is 2. The van der Waals surface area contributed by atoms with Crippen LogP contribution >= 0.6 is 11.3 Å². The zero-order valence-corrected chi connectivity index (χ0v) is 18.7. The molecule has 0 aliphatic heterocycles. The number of carbonyl (C=O) groups is 2. The molecule has 0 aliphatic rings. The number of benzene rings is 1. The van der Waals surface area contributed by atoms with Crippen molar-refractivity contribution in [1.82, 2.24) is 9.55 Å². The Labute approximate surface area is 182 Å². The molecule has 0 atom stereocenters. The third-order valence-corrected chi connectivity index (χ3v) is 5.62. The molecular formula is C21H23N3O6S. The van der Waals surface area contributed by atoms with Crippen molar-refractivity contribution in [2.45, 2.75) is 33.4 Å². The molecule has 3 aromatic rings. The van der Waals surface area contributed by atoms with Gasteiger partial charge in [0.1, 0.15) is 27.8 Å². The Morgan fingerprint density at radius 2 is 1.97 bits per heavy atom. The Balaban J connectivity index is 1.88. The van der Waals surface area contributed by atoms with Gasteiger partial charge in [0, 0.05) is 6.07 Å². The minimum absolute atomic E-state index is 0.261. The van der Waals surface area contributed by atoms with Crippen LogP contribution in [0.15, 0.2) is 29.3 Å². The molecule has 164 valence electrons. The molecule has 0 bridgehead atoms. The van der Waals surface area contributed by atoms with Gasteiger partial charge < -0.3 is 19.5 Å². The maximum atomic E-state index is 13.0. The number of ether oxygens (including phenoxy) is 3. The lowest BCUT2D eigenvalue weighted by atomic mass is 10.2. The lowest BCUT2D eigenvalue weighted by Crippen LogP contribution is -2.28. The number of nitrogens with one attached hydrogen (secondary N) is 1. The average molecular weight is 445 g/mol.